The van der Waals surface area contributed by atoms with Crippen LogP contribution < -0.4 is 0 Å². The van der Waals surface area contributed by atoms with Crippen molar-refractivity contribution in [3.05, 3.63) is 12.2 Å². The van der Waals surface area contributed by atoms with Gasteiger partial charge in [0.05, 0.1) is 6.10 Å². The van der Waals surface area contributed by atoms with Gasteiger partial charge in [-0.3, -0.25) is 4.79 Å². The van der Waals surface area contributed by atoms with Crippen molar-refractivity contribution in [2.45, 2.75) is 46.6 Å². The van der Waals surface area contributed by atoms with Crippen molar-refractivity contribution in [2.75, 3.05) is 0 Å². The Balaban J connectivity index is 2.80. The van der Waals surface area contributed by atoms with Crippen LogP contribution in [0.3, 0.4) is 0 Å². The lowest BCUT2D eigenvalue weighted by atomic mass is 9.63. The van der Waals surface area contributed by atoms with Crippen molar-refractivity contribution < 1.29 is 9.90 Å². The second-order valence-corrected chi connectivity index (χ2v) is 5.56. The first-order chi connectivity index (χ1) is 6.83. The van der Waals surface area contributed by atoms with Crippen molar-refractivity contribution in [3.8, 4) is 0 Å². The molecule has 1 aliphatic rings. The smallest absolute Gasteiger partial charge is 0.152 e. The van der Waals surface area contributed by atoms with E-state index in [1.807, 2.05) is 6.08 Å². The highest BCUT2D eigenvalue weighted by Crippen LogP contribution is 2.44. The van der Waals surface area contributed by atoms with Gasteiger partial charge in [-0.05, 0) is 43.1 Å². The van der Waals surface area contributed by atoms with Crippen molar-refractivity contribution in [2.24, 2.45) is 17.3 Å². The Hall–Kier alpha value is -0.630. The lowest BCUT2D eigenvalue weighted by Gasteiger charge is -2.43. The van der Waals surface area contributed by atoms with Gasteiger partial charge in [-0.15, -0.1) is 0 Å². The highest BCUT2D eigenvalue weighted by molar-refractivity contribution is 5.87. The Kier molecular flexibility index (Phi) is 3.72. The molecule has 1 rings (SSSR count). The summed E-state index contributed by atoms with van der Waals surface area (Å²) in [7, 11) is 0. The number of hydrogen-bond donors (Lipinski definition) is 1. The number of carbonyl (C=O) groups excluding carboxylic acids is 1. The Morgan fingerprint density at radius 3 is 2.53 bits per heavy atom. The minimum Gasteiger partial charge on any atom is -0.393 e. The molecule has 0 aromatic heterocycles. The van der Waals surface area contributed by atoms with Gasteiger partial charge < -0.3 is 5.11 Å². The fraction of sp³-hybridized carbons (Fsp3) is 0.769. The Labute approximate surface area is 92.4 Å². The molecule has 2 nitrogen and oxygen atoms in total. The molecule has 0 heterocycles. The molecule has 0 unspecified atom stereocenters. The van der Waals surface area contributed by atoms with E-state index in [2.05, 4.69) is 20.8 Å². The quantitative estimate of drug-likeness (QED) is 0.711. The molecular weight excluding hydrogens is 188 g/mol. The van der Waals surface area contributed by atoms with Gasteiger partial charge in [-0.2, -0.15) is 0 Å². The molecule has 0 amide bonds. The number of rotatable bonds is 2. The Bertz CT molecular complexity index is 266. The van der Waals surface area contributed by atoms with Crippen LogP contribution in [0.25, 0.3) is 0 Å². The van der Waals surface area contributed by atoms with Crippen LogP contribution in [0.5, 0.6) is 0 Å². The van der Waals surface area contributed by atoms with Crippen LogP contribution in [-0.4, -0.2) is 17.0 Å². The average molecular weight is 210 g/mol. The monoisotopic (exact) mass is 210 g/mol. The van der Waals surface area contributed by atoms with Crippen LogP contribution in [0.4, 0.5) is 0 Å². The second-order valence-electron chi connectivity index (χ2n) is 5.56. The summed E-state index contributed by atoms with van der Waals surface area (Å²) in [6, 6.07) is 0. The fourth-order valence-electron chi connectivity index (χ4n) is 2.86. The summed E-state index contributed by atoms with van der Waals surface area (Å²) in [4.78, 5) is 10.9. The van der Waals surface area contributed by atoms with Gasteiger partial charge in [0.25, 0.3) is 0 Å². The third-order valence-electron chi connectivity index (χ3n) is 3.46. The lowest BCUT2D eigenvalue weighted by molar-refractivity contribution is -0.112. The lowest BCUT2D eigenvalue weighted by Crippen LogP contribution is -2.38. The van der Waals surface area contributed by atoms with E-state index < -0.39 is 0 Å². The molecule has 15 heavy (non-hydrogen) atoms. The zero-order valence-electron chi connectivity index (χ0n) is 10.2. The van der Waals surface area contributed by atoms with Crippen LogP contribution in [0.15, 0.2) is 12.2 Å². The molecule has 1 N–H and O–H groups in total. The van der Waals surface area contributed by atoms with Crippen LogP contribution in [0, 0.1) is 17.3 Å². The summed E-state index contributed by atoms with van der Waals surface area (Å²) >= 11 is 0. The van der Waals surface area contributed by atoms with Crippen molar-refractivity contribution in [1.82, 2.24) is 0 Å². The topological polar surface area (TPSA) is 37.3 Å². The molecule has 0 aromatic rings. The molecule has 0 bridgehead atoms. The normalized spacial score (nSPS) is 35.7. The molecule has 86 valence electrons. The van der Waals surface area contributed by atoms with Gasteiger partial charge in [0.2, 0.25) is 0 Å². The second kappa shape index (κ2) is 4.48. The third-order valence-corrected chi connectivity index (χ3v) is 3.46. The van der Waals surface area contributed by atoms with Gasteiger partial charge in [0, 0.05) is 0 Å². The maximum Gasteiger partial charge on any atom is 0.152 e. The fourth-order valence-corrected chi connectivity index (χ4v) is 2.86. The predicted octanol–water partition coefficient (Wildman–Crippen LogP) is 2.56. The molecule has 1 saturated carbocycles. The molecule has 2 heteroatoms. The van der Waals surface area contributed by atoms with Gasteiger partial charge >= 0.3 is 0 Å². The van der Waals surface area contributed by atoms with Crippen LogP contribution >= 0.6 is 0 Å². The standard InChI is InChI=1S/C13H22O2/c1-9-7-11(15)8-13(3,4)12(9)6-5-10(2)14/h5-6,9,11-12,15H,7-8H2,1-4H3/b6-5+/t9-,11+,12-/m0/s1. The molecule has 0 spiro atoms. The first-order valence-corrected chi connectivity index (χ1v) is 5.70. The number of aliphatic hydroxyl groups excluding tert-OH is 1. The van der Waals surface area contributed by atoms with Crippen LogP contribution in [0.2, 0.25) is 0 Å². The summed E-state index contributed by atoms with van der Waals surface area (Å²) < 4.78 is 0. The predicted molar refractivity (Wildman–Crippen MR) is 61.5 cm³/mol. The Morgan fingerprint density at radius 2 is 2.07 bits per heavy atom. The van der Waals surface area contributed by atoms with Crippen molar-refractivity contribution in [3.63, 3.8) is 0 Å². The largest absolute Gasteiger partial charge is 0.393 e. The first kappa shape index (κ1) is 12.4. The van der Waals surface area contributed by atoms with E-state index in [0.29, 0.717) is 11.8 Å². The van der Waals surface area contributed by atoms with Crippen LogP contribution in [0.1, 0.15) is 40.5 Å². The number of carbonyl (C=O) groups is 1. The molecule has 3 atom stereocenters. The first-order valence-electron chi connectivity index (χ1n) is 5.70. The van der Waals surface area contributed by atoms with Crippen LogP contribution in [-0.2, 0) is 4.79 Å². The SMILES string of the molecule is CC(=O)/C=C/[C@H]1[C@@H](C)C[C@@H](O)CC1(C)C. The zero-order valence-corrected chi connectivity index (χ0v) is 10.2. The van der Waals surface area contributed by atoms with E-state index in [0.717, 1.165) is 12.8 Å². The van der Waals surface area contributed by atoms with Gasteiger partial charge in [0.1, 0.15) is 0 Å². The van der Waals surface area contributed by atoms with E-state index in [9.17, 15) is 9.90 Å². The molecule has 1 fully saturated rings. The highest BCUT2D eigenvalue weighted by atomic mass is 16.3. The number of hydrogen-bond acceptors (Lipinski definition) is 2. The molecule has 0 radical (unpaired) electrons. The summed E-state index contributed by atoms with van der Waals surface area (Å²) in [5.74, 6) is 0.938. The zero-order chi connectivity index (χ0) is 11.6. The van der Waals surface area contributed by atoms with E-state index >= 15 is 0 Å². The summed E-state index contributed by atoms with van der Waals surface area (Å²) in [5.41, 5.74) is 0.0863. The molecule has 1 aliphatic carbocycles. The van der Waals surface area contributed by atoms with Gasteiger partial charge in [-0.25, -0.2) is 0 Å². The Morgan fingerprint density at radius 1 is 1.47 bits per heavy atom. The van der Waals surface area contributed by atoms with E-state index in [-0.39, 0.29) is 17.3 Å². The molecule has 0 saturated heterocycles. The molecular formula is C13H22O2. The summed E-state index contributed by atoms with van der Waals surface area (Å²) in [5, 5.41) is 9.72. The van der Waals surface area contributed by atoms with Crippen molar-refractivity contribution >= 4 is 5.78 Å². The van der Waals surface area contributed by atoms with E-state index in [1.54, 1.807) is 13.0 Å². The average Bonchev–Trinajstić information content (AvgIpc) is 1.98. The van der Waals surface area contributed by atoms with Crippen molar-refractivity contribution in [1.29, 1.82) is 0 Å². The minimum absolute atomic E-state index is 0.0863. The summed E-state index contributed by atoms with van der Waals surface area (Å²) in [6.07, 6.45) is 5.18. The summed E-state index contributed by atoms with van der Waals surface area (Å²) in [6.45, 7) is 8.06. The van der Waals surface area contributed by atoms with E-state index in [1.165, 1.54) is 0 Å². The minimum atomic E-state index is -0.183. The maximum atomic E-state index is 10.9. The molecule has 0 aromatic carbocycles. The molecule has 0 aliphatic heterocycles. The highest BCUT2D eigenvalue weighted by Gasteiger charge is 2.38. The number of allylic oxidation sites excluding steroid dienone is 2. The third kappa shape index (κ3) is 3.16. The number of aliphatic hydroxyl groups is 1. The maximum absolute atomic E-state index is 10.9. The van der Waals surface area contributed by atoms with E-state index in [4.69, 9.17) is 0 Å². The number of ketones is 1. The van der Waals surface area contributed by atoms with Gasteiger partial charge in [-0.1, -0.05) is 26.8 Å². The van der Waals surface area contributed by atoms with Gasteiger partial charge in [0.15, 0.2) is 5.78 Å².